The molecule has 8 heteroatoms. The number of methoxy groups -OCH3 is 1. The summed E-state index contributed by atoms with van der Waals surface area (Å²) in [6.45, 7) is 4.43. The number of benzene rings is 3. The molecule has 2 aliphatic heterocycles. The molecule has 3 N–H and O–H groups in total. The minimum absolute atomic E-state index is 0.0190. The first-order chi connectivity index (χ1) is 21.4. The molecule has 0 aromatic heterocycles. The number of rotatable bonds is 14. The lowest BCUT2D eigenvalue weighted by Gasteiger charge is -2.30. The molecule has 0 bridgehead atoms. The molecule has 3 aromatic carbocycles. The largest absolute Gasteiger partial charge is 0.496 e. The van der Waals surface area contributed by atoms with Crippen LogP contribution in [-0.2, 0) is 29.0 Å². The van der Waals surface area contributed by atoms with Gasteiger partial charge in [-0.1, -0.05) is 55.8 Å². The van der Waals surface area contributed by atoms with Crippen molar-refractivity contribution in [3.63, 3.8) is 0 Å². The Kier molecular flexibility index (Phi) is 10.6. The van der Waals surface area contributed by atoms with E-state index in [1.165, 1.54) is 0 Å². The van der Waals surface area contributed by atoms with Crippen LogP contribution >= 0.6 is 0 Å². The van der Waals surface area contributed by atoms with Gasteiger partial charge >= 0.3 is 5.97 Å². The van der Waals surface area contributed by atoms with Gasteiger partial charge in [-0.3, -0.25) is 14.5 Å². The number of ether oxygens (including phenoxy) is 2. The fraction of sp³-hybridized carbons (Fsp3) is 0.444. The summed E-state index contributed by atoms with van der Waals surface area (Å²) in [5.74, 6) is 0.0186. The Morgan fingerprint density at radius 3 is 2.70 bits per heavy atom. The Labute approximate surface area is 260 Å². The van der Waals surface area contributed by atoms with Crippen LogP contribution in [0.5, 0.6) is 11.5 Å². The molecule has 3 atom stereocenters. The Balaban J connectivity index is 1.42. The molecular weight excluding hydrogens is 554 g/mol. The predicted octanol–water partition coefficient (Wildman–Crippen LogP) is 5.41. The fourth-order valence-corrected chi connectivity index (χ4v) is 6.86. The van der Waals surface area contributed by atoms with Gasteiger partial charge in [0.05, 0.1) is 26.2 Å². The lowest BCUT2D eigenvalue weighted by molar-refractivity contribution is -0.143. The topological polar surface area (TPSA) is 105 Å². The molecule has 1 amide bonds. The summed E-state index contributed by atoms with van der Waals surface area (Å²) in [6.07, 6.45) is 4.86. The van der Waals surface area contributed by atoms with Gasteiger partial charge in [-0.25, -0.2) is 0 Å². The van der Waals surface area contributed by atoms with Crippen LogP contribution < -0.4 is 20.1 Å². The highest BCUT2D eigenvalue weighted by Crippen LogP contribution is 2.41. The molecular formula is C36H45N3O5. The van der Waals surface area contributed by atoms with E-state index in [2.05, 4.69) is 24.0 Å². The van der Waals surface area contributed by atoms with Gasteiger partial charge in [0.15, 0.2) is 0 Å². The number of carboxylic acids is 1. The van der Waals surface area contributed by atoms with E-state index in [0.717, 1.165) is 71.5 Å². The lowest BCUT2D eigenvalue weighted by Crippen LogP contribution is -2.44. The number of para-hydroxylation sites is 1. The number of unbranched alkanes of at least 4 members (excludes halogenated alkanes) is 1. The summed E-state index contributed by atoms with van der Waals surface area (Å²) in [4.78, 5) is 31.0. The monoisotopic (exact) mass is 599 g/mol. The predicted molar refractivity (Wildman–Crippen MR) is 172 cm³/mol. The quantitative estimate of drug-likeness (QED) is 0.255. The summed E-state index contributed by atoms with van der Waals surface area (Å²) >= 11 is 0. The Morgan fingerprint density at radius 2 is 1.93 bits per heavy atom. The molecule has 1 saturated heterocycles. The molecule has 5 rings (SSSR count). The minimum Gasteiger partial charge on any atom is -0.496 e. The van der Waals surface area contributed by atoms with Gasteiger partial charge in [0.1, 0.15) is 11.5 Å². The van der Waals surface area contributed by atoms with Crippen LogP contribution in [-0.4, -0.2) is 61.3 Å². The summed E-state index contributed by atoms with van der Waals surface area (Å²) in [5, 5.41) is 10.6. The molecule has 44 heavy (non-hydrogen) atoms. The number of hydrogen-bond donors (Lipinski definition) is 2. The van der Waals surface area contributed by atoms with E-state index in [0.29, 0.717) is 32.7 Å². The maximum atomic E-state index is 14.1. The van der Waals surface area contributed by atoms with E-state index in [1.807, 2.05) is 59.5 Å². The molecule has 2 heterocycles. The third-order valence-corrected chi connectivity index (χ3v) is 9.15. The molecule has 234 valence electrons. The van der Waals surface area contributed by atoms with Crippen LogP contribution in [0.2, 0.25) is 0 Å². The molecule has 3 unspecified atom stereocenters. The van der Waals surface area contributed by atoms with Gasteiger partial charge in [-0.05, 0) is 72.2 Å². The summed E-state index contributed by atoms with van der Waals surface area (Å²) in [7, 11) is 1.67. The summed E-state index contributed by atoms with van der Waals surface area (Å²) in [5.41, 5.74) is 11.0. The first-order valence-corrected chi connectivity index (χ1v) is 15.9. The van der Waals surface area contributed by atoms with Crippen LogP contribution in [0, 0.1) is 5.92 Å². The maximum Gasteiger partial charge on any atom is 0.308 e. The van der Waals surface area contributed by atoms with Crippen molar-refractivity contribution in [1.82, 2.24) is 4.90 Å². The van der Waals surface area contributed by atoms with Crippen molar-refractivity contribution in [2.24, 2.45) is 11.7 Å². The van der Waals surface area contributed by atoms with Gasteiger partial charge in [-0.15, -0.1) is 0 Å². The van der Waals surface area contributed by atoms with Crippen LogP contribution in [0.3, 0.4) is 0 Å². The van der Waals surface area contributed by atoms with Crippen LogP contribution in [0.4, 0.5) is 5.69 Å². The van der Waals surface area contributed by atoms with Gasteiger partial charge in [-0.2, -0.15) is 0 Å². The normalized spacial score (nSPS) is 19.4. The maximum absolute atomic E-state index is 14.1. The summed E-state index contributed by atoms with van der Waals surface area (Å²) in [6, 6.07) is 21.6. The Bertz CT molecular complexity index is 1440. The third kappa shape index (κ3) is 7.08. The number of likely N-dealkylation sites (tertiary alicyclic amines) is 1. The average Bonchev–Trinajstić information content (AvgIpc) is 3.66. The van der Waals surface area contributed by atoms with Gasteiger partial charge < -0.3 is 25.2 Å². The van der Waals surface area contributed by atoms with E-state index in [9.17, 15) is 14.7 Å². The molecule has 8 nitrogen and oxygen atoms in total. The third-order valence-electron chi connectivity index (χ3n) is 9.15. The van der Waals surface area contributed by atoms with Gasteiger partial charge in [0, 0.05) is 43.7 Å². The molecule has 1 fully saturated rings. The number of anilines is 1. The van der Waals surface area contributed by atoms with Crippen LogP contribution in [0.25, 0.3) is 0 Å². The summed E-state index contributed by atoms with van der Waals surface area (Å²) < 4.78 is 11.3. The lowest BCUT2D eigenvalue weighted by atomic mass is 9.83. The van der Waals surface area contributed by atoms with E-state index in [4.69, 9.17) is 15.2 Å². The zero-order chi connectivity index (χ0) is 31.1. The smallest absolute Gasteiger partial charge is 0.308 e. The molecule has 2 aliphatic rings. The number of carboxylic acid groups (broad SMARTS) is 1. The van der Waals surface area contributed by atoms with Crippen molar-refractivity contribution in [3.8, 4) is 11.5 Å². The number of nitrogens with two attached hydrogens (primary N) is 1. The van der Waals surface area contributed by atoms with Crippen molar-refractivity contribution >= 4 is 17.6 Å². The van der Waals surface area contributed by atoms with E-state index >= 15 is 0 Å². The number of amides is 1. The SMILES string of the molecule is CCCCN(C(=O)CN1CC(c2ccc3c(c2)CCO3)C(C(=O)O)C1CCCc1ccccc1OC)c1cccc(CN)c1. The highest BCUT2D eigenvalue weighted by Gasteiger charge is 2.47. The highest BCUT2D eigenvalue weighted by molar-refractivity contribution is 5.95. The molecule has 0 saturated carbocycles. The van der Waals surface area contributed by atoms with Gasteiger partial charge in [0.2, 0.25) is 5.91 Å². The standard InChI is InChI=1S/C36H45N3O5/c1-3-4-18-39(29-12-7-9-25(20-29)22-37)34(40)24-38-23-30(27-15-16-33-28(21-27)17-19-44-33)35(36(41)42)31(38)13-8-11-26-10-5-6-14-32(26)43-2/h5-7,9-10,12,14-16,20-21,30-31,35H,3-4,8,11,13,17-19,22-24,37H2,1-2H3,(H,41,42). The molecule has 0 aliphatic carbocycles. The van der Waals surface area contributed by atoms with E-state index < -0.39 is 11.9 Å². The number of fused-ring (bicyclic) bond motifs is 1. The van der Waals surface area contributed by atoms with Crippen molar-refractivity contribution in [1.29, 1.82) is 0 Å². The van der Waals surface area contributed by atoms with Crippen molar-refractivity contribution in [3.05, 3.63) is 89.0 Å². The molecule has 0 spiro atoms. The van der Waals surface area contributed by atoms with Crippen molar-refractivity contribution in [2.45, 2.75) is 64.0 Å². The fourth-order valence-electron chi connectivity index (χ4n) is 6.86. The van der Waals surface area contributed by atoms with Gasteiger partial charge in [0.25, 0.3) is 0 Å². The Morgan fingerprint density at radius 1 is 1.09 bits per heavy atom. The molecule has 0 radical (unpaired) electrons. The molecule has 3 aromatic rings. The van der Waals surface area contributed by atoms with E-state index in [1.54, 1.807) is 7.11 Å². The zero-order valence-corrected chi connectivity index (χ0v) is 25.9. The van der Waals surface area contributed by atoms with Crippen LogP contribution in [0.1, 0.15) is 60.8 Å². The number of nitrogens with zero attached hydrogens (tertiary/aromatic N) is 2. The first kappa shape index (κ1) is 31.5. The van der Waals surface area contributed by atoms with Crippen LogP contribution in [0.15, 0.2) is 66.7 Å². The average molecular weight is 600 g/mol. The van der Waals surface area contributed by atoms with E-state index in [-0.39, 0.29) is 24.4 Å². The number of aliphatic carboxylic acids is 1. The second-order valence-corrected chi connectivity index (χ2v) is 11.9. The highest BCUT2D eigenvalue weighted by atomic mass is 16.5. The number of aryl methyl sites for hydroxylation is 1. The number of carbonyl (C=O) groups excluding carboxylic acids is 1. The second-order valence-electron chi connectivity index (χ2n) is 11.9. The second kappa shape index (κ2) is 14.7. The van der Waals surface area contributed by atoms with Crippen molar-refractivity contribution < 1.29 is 24.2 Å². The first-order valence-electron chi connectivity index (χ1n) is 15.9. The van der Waals surface area contributed by atoms with Crippen molar-refractivity contribution in [2.75, 3.05) is 38.3 Å². The number of hydrogen-bond acceptors (Lipinski definition) is 6. The zero-order valence-electron chi connectivity index (χ0n) is 25.9. The minimum atomic E-state index is -0.817. The Hall–Kier alpha value is -3.88. The number of carbonyl (C=O) groups is 2.